The van der Waals surface area contributed by atoms with Crippen molar-refractivity contribution in [3.63, 3.8) is 0 Å². The lowest BCUT2D eigenvalue weighted by Crippen LogP contribution is -2.40. The Morgan fingerprint density at radius 3 is 2.58 bits per heavy atom. The van der Waals surface area contributed by atoms with Gasteiger partial charge in [-0.05, 0) is 63.8 Å². The van der Waals surface area contributed by atoms with Crippen LogP contribution in [-0.4, -0.2) is 29.7 Å². The van der Waals surface area contributed by atoms with Crippen molar-refractivity contribution in [3.05, 3.63) is 83.7 Å². The lowest BCUT2D eigenvalue weighted by molar-refractivity contribution is -0.143. The highest BCUT2D eigenvalue weighted by molar-refractivity contribution is 7.07. The van der Waals surface area contributed by atoms with Gasteiger partial charge in [-0.3, -0.25) is 9.36 Å². The van der Waals surface area contributed by atoms with Crippen LogP contribution in [0.1, 0.15) is 57.4 Å². The molecule has 4 heterocycles. The topological polar surface area (TPSA) is 77.0 Å². The second kappa shape index (κ2) is 10.1. The minimum atomic E-state index is -0.674. The first-order chi connectivity index (χ1) is 17.3. The summed E-state index contributed by atoms with van der Waals surface area (Å²) in [4.78, 5) is 34.2. The Morgan fingerprint density at radius 2 is 1.89 bits per heavy atom. The van der Waals surface area contributed by atoms with Crippen molar-refractivity contribution in [2.45, 2.75) is 52.2 Å². The largest absolute Gasteiger partial charge is 0.459 e. The minimum Gasteiger partial charge on any atom is -0.459 e. The number of ether oxygens (including phenoxy) is 1. The summed E-state index contributed by atoms with van der Waals surface area (Å²) in [6.45, 7) is 7.31. The molecule has 9 heteroatoms. The Hall–Kier alpha value is -3.10. The van der Waals surface area contributed by atoms with Crippen LogP contribution in [0.3, 0.4) is 0 Å². The highest BCUT2D eigenvalue weighted by Crippen LogP contribution is 2.31. The van der Waals surface area contributed by atoms with Crippen molar-refractivity contribution >= 4 is 40.9 Å². The third-order valence-corrected chi connectivity index (χ3v) is 7.56. The average Bonchev–Trinajstić information content (AvgIpc) is 3.43. The summed E-state index contributed by atoms with van der Waals surface area (Å²) < 4.78 is 13.6. The van der Waals surface area contributed by atoms with E-state index in [1.807, 2.05) is 24.3 Å². The van der Waals surface area contributed by atoms with Crippen molar-refractivity contribution in [3.8, 4) is 0 Å². The van der Waals surface area contributed by atoms with Crippen LogP contribution in [-0.2, 0) is 9.53 Å². The van der Waals surface area contributed by atoms with Gasteiger partial charge in [0, 0.05) is 30.3 Å². The number of anilines is 1. The van der Waals surface area contributed by atoms with Crippen molar-refractivity contribution in [1.29, 1.82) is 0 Å². The molecule has 1 aromatic carbocycles. The van der Waals surface area contributed by atoms with Crippen molar-refractivity contribution in [2.75, 3.05) is 18.0 Å². The van der Waals surface area contributed by atoms with E-state index in [4.69, 9.17) is 20.8 Å². The molecule has 2 aliphatic heterocycles. The maximum absolute atomic E-state index is 13.7. The van der Waals surface area contributed by atoms with E-state index in [1.165, 1.54) is 17.8 Å². The number of carbonyl (C=O) groups is 1. The van der Waals surface area contributed by atoms with Crippen LogP contribution in [0.4, 0.5) is 5.88 Å². The van der Waals surface area contributed by atoms with E-state index in [2.05, 4.69) is 9.89 Å². The number of aromatic nitrogens is 1. The molecule has 0 aliphatic carbocycles. The lowest BCUT2D eigenvalue weighted by Gasteiger charge is -2.25. The third kappa shape index (κ3) is 4.80. The second-order valence-corrected chi connectivity index (χ2v) is 10.8. The van der Waals surface area contributed by atoms with Gasteiger partial charge in [-0.15, -0.1) is 0 Å². The maximum atomic E-state index is 13.7. The fourth-order valence-electron chi connectivity index (χ4n) is 4.65. The van der Waals surface area contributed by atoms with Crippen LogP contribution < -0.4 is 19.8 Å². The first-order valence-electron chi connectivity index (χ1n) is 12.2. The summed E-state index contributed by atoms with van der Waals surface area (Å²) in [7, 11) is 0. The summed E-state index contributed by atoms with van der Waals surface area (Å²) in [5, 5.41) is 0.570. The normalized spacial score (nSPS) is 18.4. The average molecular weight is 526 g/mol. The van der Waals surface area contributed by atoms with Gasteiger partial charge in [-0.1, -0.05) is 35.1 Å². The summed E-state index contributed by atoms with van der Waals surface area (Å²) >= 11 is 7.40. The molecule has 1 unspecified atom stereocenters. The molecule has 2 aliphatic rings. The number of fused-ring (bicyclic) bond motifs is 1. The molecule has 1 atom stereocenters. The number of rotatable bonds is 5. The SMILES string of the molecule is CC1=C(C(=O)OC(C)C)C(c2ccc(Cl)cc2)n2c(s/c(=C\c3ccc(N4CCCCC4)o3)c2=O)=N1. The molecule has 0 saturated carbocycles. The van der Waals surface area contributed by atoms with Gasteiger partial charge >= 0.3 is 5.97 Å². The van der Waals surface area contributed by atoms with Crippen molar-refractivity contribution in [2.24, 2.45) is 4.99 Å². The second-order valence-electron chi connectivity index (χ2n) is 9.31. The third-order valence-electron chi connectivity index (χ3n) is 6.32. The van der Waals surface area contributed by atoms with Crippen LogP contribution in [0, 0.1) is 0 Å². The van der Waals surface area contributed by atoms with Gasteiger partial charge in [0.2, 0.25) is 0 Å². The molecule has 0 amide bonds. The monoisotopic (exact) mass is 525 g/mol. The molecule has 7 nitrogen and oxygen atoms in total. The summed E-state index contributed by atoms with van der Waals surface area (Å²) in [5.41, 5.74) is 1.38. The fraction of sp³-hybridized carbons (Fsp3) is 0.370. The fourth-order valence-corrected chi connectivity index (χ4v) is 5.81. The molecule has 1 saturated heterocycles. The first kappa shape index (κ1) is 24.6. The zero-order valence-electron chi connectivity index (χ0n) is 20.5. The van der Waals surface area contributed by atoms with E-state index < -0.39 is 12.0 Å². The number of hydrogen-bond acceptors (Lipinski definition) is 7. The molecule has 2 aromatic heterocycles. The molecular weight excluding hydrogens is 498 g/mol. The van der Waals surface area contributed by atoms with Crippen LogP contribution in [0.2, 0.25) is 5.02 Å². The molecule has 188 valence electrons. The first-order valence-corrected chi connectivity index (χ1v) is 13.3. The molecule has 0 radical (unpaired) electrons. The molecule has 0 bridgehead atoms. The Balaban J connectivity index is 1.60. The van der Waals surface area contributed by atoms with Crippen LogP contribution in [0.5, 0.6) is 0 Å². The molecule has 0 N–H and O–H groups in total. The van der Waals surface area contributed by atoms with Crippen molar-refractivity contribution < 1.29 is 13.9 Å². The Morgan fingerprint density at radius 1 is 1.17 bits per heavy atom. The number of benzene rings is 1. The van der Waals surface area contributed by atoms with Gasteiger partial charge in [0.1, 0.15) is 5.76 Å². The number of piperidine rings is 1. The Labute approximate surface area is 218 Å². The van der Waals surface area contributed by atoms with Gasteiger partial charge < -0.3 is 14.1 Å². The van der Waals surface area contributed by atoms with E-state index in [0.717, 1.165) is 37.4 Å². The summed E-state index contributed by atoms with van der Waals surface area (Å²) in [5.74, 6) is 0.944. The number of thiazole rings is 1. The molecule has 0 spiro atoms. The number of hydrogen-bond donors (Lipinski definition) is 0. The quantitative estimate of drug-likeness (QED) is 0.461. The van der Waals surface area contributed by atoms with Gasteiger partial charge in [0.05, 0.1) is 27.9 Å². The number of halogens is 1. The highest BCUT2D eigenvalue weighted by atomic mass is 35.5. The molecular formula is C27H28ClN3O4S. The standard InChI is InChI=1S/C27H28ClN3O4S/c1-16(2)34-26(33)23-17(3)29-27-31(24(23)18-7-9-19(28)10-8-18)25(32)21(36-27)15-20-11-12-22(35-20)30-13-5-4-6-14-30/h7-12,15-16,24H,4-6,13-14H2,1-3H3/b21-15-. The predicted molar refractivity (Wildman–Crippen MR) is 141 cm³/mol. The zero-order chi connectivity index (χ0) is 25.4. The minimum absolute atomic E-state index is 0.239. The maximum Gasteiger partial charge on any atom is 0.338 e. The number of furan rings is 1. The van der Waals surface area contributed by atoms with Crippen LogP contribution in [0.15, 0.2) is 61.9 Å². The lowest BCUT2D eigenvalue weighted by atomic mass is 9.96. The van der Waals surface area contributed by atoms with Crippen molar-refractivity contribution in [1.82, 2.24) is 4.57 Å². The molecule has 5 rings (SSSR count). The molecule has 1 fully saturated rings. The summed E-state index contributed by atoms with van der Waals surface area (Å²) in [6.07, 6.45) is 5.00. The molecule has 3 aromatic rings. The van der Waals surface area contributed by atoms with Gasteiger partial charge in [0.15, 0.2) is 10.7 Å². The Kier molecular flexibility index (Phi) is 6.90. The van der Waals surface area contributed by atoms with Gasteiger partial charge in [-0.25, -0.2) is 9.79 Å². The Bertz CT molecular complexity index is 1490. The van der Waals surface area contributed by atoms with E-state index >= 15 is 0 Å². The van der Waals surface area contributed by atoms with Crippen LogP contribution in [0.25, 0.3) is 6.08 Å². The molecule has 36 heavy (non-hydrogen) atoms. The number of nitrogens with zero attached hydrogens (tertiary/aromatic N) is 3. The van der Waals surface area contributed by atoms with Gasteiger partial charge in [-0.2, -0.15) is 0 Å². The predicted octanol–water partition coefficient (Wildman–Crippen LogP) is 4.42. The van der Waals surface area contributed by atoms with E-state index in [9.17, 15) is 9.59 Å². The number of allylic oxidation sites excluding steroid dienone is 1. The number of carbonyl (C=O) groups excluding carboxylic acids is 1. The van der Waals surface area contributed by atoms with E-state index in [1.54, 1.807) is 43.5 Å². The zero-order valence-corrected chi connectivity index (χ0v) is 22.1. The van der Waals surface area contributed by atoms with E-state index in [0.29, 0.717) is 31.4 Å². The smallest absolute Gasteiger partial charge is 0.338 e. The summed E-state index contributed by atoms with van der Waals surface area (Å²) in [6, 6.07) is 10.3. The number of esters is 1. The van der Waals surface area contributed by atoms with E-state index in [-0.39, 0.29) is 11.7 Å². The van der Waals surface area contributed by atoms with Crippen LogP contribution >= 0.6 is 22.9 Å². The van der Waals surface area contributed by atoms with Gasteiger partial charge in [0.25, 0.3) is 5.56 Å². The highest BCUT2D eigenvalue weighted by Gasteiger charge is 2.33.